The average Bonchev–Trinajstić information content (AvgIpc) is 2.24. The molecule has 0 heterocycles. The molecule has 0 fully saturated rings. The van der Waals surface area contributed by atoms with Crippen molar-refractivity contribution in [2.24, 2.45) is 0 Å². The summed E-state index contributed by atoms with van der Waals surface area (Å²) < 4.78 is 4.63. The molecule has 0 aromatic heterocycles. The van der Waals surface area contributed by atoms with Crippen LogP contribution in [0, 0.1) is 20.8 Å². The fraction of sp³-hybridized carbons (Fsp3) is 0.333. The molecule has 0 aliphatic heterocycles. The topological polar surface area (TPSA) is 98.6 Å². The highest BCUT2D eigenvalue weighted by Gasteiger charge is 2.13. The number of aliphatic carboxylic acids is 1. The lowest BCUT2D eigenvalue weighted by Gasteiger charge is -2.10. The van der Waals surface area contributed by atoms with Gasteiger partial charge in [0.2, 0.25) is 0 Å². The first-order valence-electron chi connectivity index (χ1n) is 4.89. The predicted octanol–water partition coefficient (Wildman–Crippen LogP) is 1.90. The molecular weight excluding hydrogens is 222 g/mol. The summed E-state index contributed by atoms with van der Waals surface area (Å²) in [4.78, 5) is 21.0. The zero-order chi connectivity index (χ0) is 12.3. The second-order valence-corrected chi connectivity index (χ2v) is 3.67. The third-order valence-corrected chi connectivity index (χ3v) is 2.70. The lowest BCUT2D eigenvalue weighted by molar-refractivity contribution is -0.164. The van der Waals surface area contributed by atoms with Gasteiger partial charge in [0.15, 0.2) is 0 Å². The molecule has 0 unspecified atom stereocenters. The summed E-state index contributed by atoms with van der Waals surface area (Å²) in [6.07, 6.45) is 0. The Kier molecular flexibility index (Phi) is 5.34. The van der Waals surface area contributed by atoms with Gasteiger partial charge in [-0.25, -0.2) is 9.59 Å². The van der Waals surface area contributed by atoms with Crippen molar-refractivity contribution in [2.75, 3.05) is 0 Å². The second kappa shape index (κ2) is 6.00. The Labute approximate surface area is 100.0 Å². The molecule has 4 N–H and O–H groups in total. The molecule has 0 aliphatic carbocycles. The lowest BCUT2D eigenvalue weighted by atomic mass is 9.99. The molecule has 0 radical (unpaired) electrons. The lowest BCUT2D eigenvalue weighted by Crippen LogP contribution is -2.16. The van der Waals surface area contributed by atoms with Gasteiger partial charge in [-0.15, -0.1) is 0 Å². The van der Waals surface area contributed by atoms with Crippen LogP contribution in [0.1, 0.15) is 22.3 Å². The molecule has 0 saturated heterocycles. The van der Waals surface area contributed by atoms with Crippen LogP contribution in [0.25, 0.3) is 0 Å². The molecule has 1 aromatic rings. The van der Waals surface area contributed by atoms with E-state index in [-0.39, 0.29) is 12.8 Å². The Morgan fingerprint density at radius 2 is 1.76 bits per heavy atom. The van der Waals surface area contributed by atoms with Gasteiger partial charge in [0.05, 0.1) is 0 Å². The summed E-state index contributed by atoms with van der Waals surface area (Å²) in [5.74, 6) is -2.79. The SMILES string of the molecule is Cc1ccc(COC(=O)C(=O)O)c(C)c1C.N. The van der Waals surface area contributed by atoms with E-state index in [4.69, 9.17) is 5.11 Å². The zero-order valence-electron chi connectivity index (χ0n) is 10.2. The molecule has 17 heavy (non-hydrogen) atoms. The molecule has 0 spiro atoms. The van der Waals surface area contributed by atoms with Crippen molar-refractivity contribution in [1.82, 2.24) is 6.15 Å². The molecule has 1 rings (SSSR count). The summed E-state index contributed by atoms with van der Waals surface area (Å²) in [7, 11) is 0. The maximum Gasteiger partial charge on any atom is 0.417 e. The largest absolute Gasteiger partial charge is 0.473 e. The van der Waals surface area contributed by atoms with E-state index in [1.165, 1.54) is 0 Å². The van der Waals surface area contributed by atoms with Crippen molar-refractivity contribution >= 4 is 11.9 Å². The Hall–Kier alpha value is -1.88. The number of hydrogen-bond acceptors (Lipinski definition) is 4. The van der Waals surface area contributed by atoms with Gasteiger partial charge in [-0.3, -0.25) is 0 Å². The normalized spacial score (nSPS) is 9.35. The first kappa shape index (κ1) is 15.1. The van der Waals surface area contributed by atoms with Crippen LogP contribution in [0.2, 0.25) is 0 Å². The molecule has 5 nitrogen and oxygen atoms in total. The number of rotatable bonds is 2. The van der Waals surface area contributed by atoms with Gasteiger partial charge in [0.25, 0.3) is 0 Å². The fourth-order valence-electron chi connectivity index (χ4n) is 1.37. The Balaban J connectivity index is 0.00000256. The van der Waals surface area contributed by atoms with E-state index in [2.05, 4.69) is 4.74 Å². The van der Waals surface area contributed by atoms with Gasteiger partial charge in [-0.05, 0) is 43.0 Å². The number of benzene rings is 1. The van der Waals surface area contributed by atoms with Crippen LogP contribution in [-0.4, -0.2) is 17.0 Å². The summed E-state index contributed by atoms with van der Waals surface area (Å²) in [6, 6.07) is 3.76. The predicted molar refractivity (Wildman–Crippen MR) is 63.1 cm³/mol. The van der Waals surface area contributed by atoms with E-state index in [1.54, 1.807) is 0 Å². The number of ether oxygens (including phenoxy) is 1. The van der Waals surface area contributed by atoms with Gasteiger partial charge >= 0.3 is 11.9 Å². The van der Waals surface area contributed by atoms with E-state index < -0.39 is 11.9 Å². The van der Waals surface area contributed by atoms with E-state index >= 15 is 0 Å². The Bertz CT molecular complexity index is 440. The number of esters is 1. The average molecular weight is 239 g/mol. The molecule has 5 heteroatoms. The molecular formula is C12H17NO4. The zero-order valence-corrected chi connectivity index (χ0v) is 10.2. The quantitative estimate of drug-likeness (QED) is 0.606. The van der Waals surface area contributed by atoms with Crippen LogP contribution in [0.5, 0.6) is 0 Å². The van der Waals surface area contributed by atoms with Crippen molar-refractivity contribution < 1.29 is 19.4 Å². The maximum absolute atomic E-state index is 10.8. The van der Waals surface area contributed by atoms with E-state index in [0.717, 1.165) is 22.3 Å². The third kappa shape index (κ3) is 3.57. The highest BCUT2D eigenvalue weighted by Crippen LogP contribution is 2.17. The number of carbonyl (C=O) groups excluding carboxylic acids is 1. The van der Waals surface area contributed by atoms with E-state index in [1.807, 2.05) is 32.9 Å². The monoisotopic (exact) mass is 239 g/mol. The molecule has 94 valence electrons. The first-order chi connectivity index (χ1) is 7.43. The standard InChI is InChI=1S/C12H14O4.H3N/c1-7-4-5-10(9(3)8(7)2)6-16-12(15)11(13)14;/h4-5H,6H2,1-3H3,(H,13,14);1H3. The van der Waals surface area contributed by atoms with Crippen LogP contribution in [0.15, 0.2) is 12.1 Å². The third-order valence-electron chi connectivity index (χ3n) is 2.70. The van der Waals surface area contributed by atoms with Crippen molar-refractivity contribution in [3.05, 3.63) is 34.4 Å². The molecule has 0 amide bonds. The van der Waals surface area contributed by atoms with Crippen LogP contribution >= 0.6 is 0 Å². The molecule has 0 aliphatic rings. The minimum Gasteiger partial charge on any atom is -0.473 e. The second-order valence-electron chi connectivity index (χ2n) is 3.67. The van der Waals surface area contributed by atoms with Gasteiger partial charge in [0.1, 0.15) is 6.61 Å². The van der Waals surface area contributed by atoms with Gasteiger partial charge in [-0.2, -0.15) is 0 Å². The van der Waals surface area contributed by atoms with Gasteiger partial charge in [0, 0.05) is 0 Å². The minimum atomic E-state index is -1.57. The summed E-state index contributed by atoms with van der Waals surface area (Å²) >= 11 is 0. The molecule has 0 bridgehead atoms. The maximum atomic E-state index is 10.8. The van der Waals surface area contributed by atoms with Crippen molar-refractivity contribution in [3.63, 3.8) is 0 Å². The highest BCUT2D eigenvalue weighted by atomic mass is 16.6. The van der Waals surface area contributed by atoms with E-state index in [0.29, 0.717) is 0 Å². The first-order valence-corrected chi connectivity index (χ1v) is 4.89. The summed E-state index contributed by atoms with van der Waals surface area (Å²) in [5.41, 5.74) is 4.14. The molecule has 0 atom stereocenters. The number of aryl methyl sites for hydroxylation is 1. The van der Waals surface area contributed by atoms with Crippen LogP contribution in [0.3, 0.4) is 0 Å². The Morgan fingerprint density at radius 1 is 1.18 bits per heavy atom. The highest BCUT2D eigenvalue weighted by molar-refractivity contribution is 6.28. The molecule has 0 saturated carbocycles. The van der Waals surface area contributed by atoms with Gasteiger partial charge in [-0.1, -0.05) is 12.1 Å². The number of carbonyl (C=O) groups is 2. The smallest absolute Gasteiger partial charge is 0.417 e. The van der Waals surface area contributed by atoms with Crippen molar-refractivity contribution in [2.45, 2.75) is 27.4 Å². The number of carboxylic acids is 1. The van der Waals surface area contributed by atoms with Crippen LogP contribution < -0.4 is 6.15 Å². The molecule has 1 aromatic carbocycles. The van der Waals surface area contributed by atoms with Crippen LogP contribution in [0.4, 0.5) is 0 Å². The van der Waals surface area contributed by atoms with E-state index in [9.17, 15) is 9.59 Å². The van der Waals surface area contributed by atoms with Crippen LogP contribution in [-0.2, 0) is 20.9 Å². The van der Waals surface area contributed by atoms with Crippen molar-refractivity contribution in [3.8, 4) is 0 Å². The summed E-state index contributed by atoms with van der Waals surface area (Å²) in [5, 5.41) is 8.35. The van der Waals surface area contributed by atoms with Crippen molar-refractivity contribution in [1.29, 1.82) is 0 Å². The summed E-state index contributed by atoms with van der Waals surface area (Å²) in [6.45, 7) is 5.90. The minimum absolute atomic E-state index is 0. The van der Waals surface area contributed by atoms with Gasteiger partial charge < -0.3 is 16.0 Å². The number of carboxylic acid groups (broad SMARTS) is 1. The number of hydrogen-bond donors (Lipinski definition) is 2. The fourth-order valence-corrected chi connectivity index (χ4v) is 1.37. The Morgan fingerprint density at radius 3 is 2.29 bits per heavy atom.